The van der Waals surface area contributed by atoms with E-state index in [1.165, 1.54) is 0 Å². The van der Waals surface area contributed by atoms with E-state index in [9.17, 15) is 4.79 Å². The molecular formula is C19H18N2O3. The van der Waals surface area contributed by atoms with Gasteiger partial charge in [0.15, 0.2) is 0 Å². The summed E-state index contributed by atoms with van der Waals surface area (Å²) in [5, 5.41) is 4.03. The van der Waals surface area contributed by atoms with Crippen molar-refractivity contribution in [1.29, 1.82) is 0 Å². The topological polar surface area (TPSA) is 64.4 Å². The highest BCUT2D eigenvalue weighted by Gasteiger charge is 2.40. The smallest absolute Gasteiger partial charge is 0.251 e. The quantitative estimate of drug-likeness (QED) is 0.802. The first-order valence-corrected chi connectivity index (χ1v) is 8.02. The van der Waals surface area contributed by atoms with Gasteiger partial charge in [-0.3, -0.25) is 9.78 Å². The Labute approximate surface area is 139 Å². The normalized spacial score (nSPS) is 20.3. The van der Waals surface area contributed by atoms with Gasteiger partial charge in [-0.2, -0.15) is 0 Å². The van der Waals surface area contributed by atoms with Crippen molar-refractivity contribution in [3.05, 3.63) is 66.2 Å². The lowest BCUT2D eigenvalue weighted by Crippen LogP contribution is -2.42. The molecule has 5 nitrogen and oxygen atoms in total. The Kier molecular flexibility index (Phi) is 3.78. The van der Waals surface area contributed by atoms with E-state index < -0.39 is 0 Å². The summed E-state index contributed by atoms with van der Waals surface area (Å²) in [6, 6.07) is 13.0. The fraction of sp³-hybridized carbons (Fsp3) is 0.263. The summed E-state index contributed by atoms with van der Waals surface area (Å²) in [6.07, 6.45) is 4.24. The first-order chi connectivity index (χ1) is 11.8. The second-order valence-electron chi connectivity index (χ2n) is 6.12. The fourth-order valence-corrected chi connectivity index (χ4v) is 3.28. The summed E-state index contributed by atoms with van der Waals surface area (Å²) in [5.74, 6) is -0.0822. The molecular weight excluding hydrogens is 304 g/mol. The van der Waals surface area contributed by atoms with Crippen molar-refractivity contribution < 1.29 is 13.9 Å². The number of hydrogen-bond acceptors (Lipinski definition) is 4. The highest BCUT2D eigenvalue weighted by Crippen LogP contribution is 2.35. The van der Waals surface area contributed by atoms with E-state index in [0.717, 1.165) is 23.1 Å². The maximum absolute atomic E-state index is 12.4. The van der Waals surface area contributed by atoms with E-state index in [0.29, 0.717) is 25.3 Å². The standard InChI is InChI=1S/C19H18N2O3/c22-18(14-4-2-1-3-5-14)21-12-19(8-11-23-13-19)17-15-7-10-24-16(15)6-9-20-17/h1-7,9-10H,8,11-13H2,(H,21,22). The molecule has 1 aromatic carbocycles. The van der Waals surface area contributed by atoms with E-state index in [4.69, 9.17) is 9.15 Å². The summed E-state index contributed by atoms with van der Waals surface area (Å²) < 4.78 is 11.1. The minimum Gasteiger partial charge on any atom is -0.464 e. The first kappa shape index (κ1) is 14.9. The molecule has 2 aromatic heterocycles. The van der Waals surface area contributed by atoms with Gasteiger partial charge >= 0.3 is 0 Å². The van der Waals surface area contributed by atoms with Crippen LogP contribution in [0, 0.1) is 0 Å². The van der Waals surface area contributed by atoms with E-state index in [2.05, 4.69) is 10.3 Å². The molecule has 1 fully saturated rings. The number of furan rings is 1. The highest BCUT2D eigenvalue weighted by atomic mass is 16.5. The van der Waals surface area contributed by atoms with Gasteiger partial charge in [-0.25, -0.2) is 0 Å². The predicted octanol–water partition coefficient (Wildman–Crippen LogP) is 2.92. The van der Waals surface area contributed by atoms with Gasteiger partial charge in [-0.05, 0) is 30.7 Å². The number of amides is 1. The summed E-state index contributed by atoms with van der Waals surface area (Å²) in [7, 11) is 0. The number of pyridine rings is 1. The van der Waals surface area contributed by atoms with Crippen molar-refractivity contribution in [3.63, 3.8) is 0 Å². The van der Waals surface area contributed by atoms with Crippen molar-refractivity contribution in [2.75, 3.05) is 19.8 Å². The minimum absolute atomic E-state index is 0.0822. The summed E-state index contributed by atoms with van der Waals surface area (Å²) >= 11 is 0. The van der Waals surface area contributed by atoms with Crippen LogP contribution in [0.4, 0.5) is 0 Å². The second-order valence-corrected chi connectivity index (χ2v) is 6.12. The van der Waals surface area contributed by atoms with E-state index in [-0.39, 0.29) is 11.3 Å². The molecule has 1 amide bonds. The fourth-order valence-electron chi connectivity index (χ4n) is 3.28. The molecule has 0 aliphatic carbocycles. The molecule has 3 aromatic rings. The molecule has 1 saturated heterocycles. The molecule has 1 unspecified atom stereocenters. The van der Waals surface area contributed by atoms with Crippen LogP contribution in [0.3, 0.4) is 0 Å². The van der Waals surface area contributed by atoms with Crippen molar-refractivity contribution in [1.82, 2.24) is 10.3 Å². The number of fused-ring (bicyclic) bond motifs is 1. The zero-order chi connectivity index (χ0) is 16.4. The van der Waals surface area contributed by atoms with E-state index in [1.54, 1.807) is 12.5 Å². The molecule has 1 aliphatic heterocycles. The van der Waals surface area contributed by atoms with Crippen molar-refractivity contribution >= 4 is 16.9 Å². The van der Waals surface area contributed by atoms with Crippen LogP contribution < -0.4 is 5.32 Å². The molecule has 1 N–H and O–H groups in total. The third-order valence-corrected chi connectivity index (χ3v) is 4.61. The monoisotopic (exact) mass is 322 g/mol. The number of aromatic nitrogens is 1. The number of hydrogen-bond donors (Lipinski definition) is 1. The number of nitrogens with one attached hydrogen (secondary N) is 1. The van der Waals surface area contributed by atoms with Crippen LogP contribution in [0.2, 0.25) is 0 Å². The number of carbonyl (C=O) groups excluding carboxylic acids is 1. The molecule has 122 valence electrons. The second kappa shape index (κ2) is 6.09. The SMILES string of the molecule is O=C(NCC1(c2nccc3occc23)CCOC1)c1ccccc1. The van der Waals surface area contributed by atoms with Gasteiger partial charge in [0.25, 0.3) is 5.91 Å². The molecule has 3 heterocycles. The van der Waals surface area contributed by atoms with Gasteiger partial charge < -0.3 is 14.5 Å². The van der Waals surface area contributed by atoms with Crippen molar-refractivity contribution in [2.24, 2.45) is 0 Å². The zero-order valence-electron chi connectivity index (χ0n) is 13.2. The molecule has 4 rings (SSSR count). The number of rotatable bonds is 4. The Balaban J connectivity index is 1.62. The van der Waals surface area contributed by atoms with Gasteiger partial charge in [0, 0.05) is 30.3 Å². The summed E-state index contributed by atoms with van der Waals surface area (Å²) in [5.41, 5.74) is 2.06. The van der Waals surface area contributed by atoms with Crippen molar-refractivity contribution in [3.8, 4) is 0 Å². The third kappa shape index (κ3) is 2.57. The Morgan fingerprint density at radius 3 is 2.88 bits per heavy atom. The van der Waals surface area contributed by atoms with Gasteiger partial charge in [0.1, 0.15) is 5.58 Å². The number of ether oxygens (including phenoxy) is 1. The van der Waals surface area contributed by atoms with Gasteiger partial charge in [-0.15, -0.1) is 0 Å². The number of nitrogens with zero attached hydrogens (tertiary/aromatic N) is 1. The van der Waals surface area contributed by atoms with Crippen LogP contribution in [0.1, 0.15) is 22.5 Å². The largest absolute Gasteiger partial charge is 0.464 e. The Hall–Kier alpha value is -2.66. The average Bonchev–Trinajstić information content (AvgIpc) is 3.30. The molecule has 0 bridgehead atoms. The molecule has 24 heavy (non-hydrogen) atoms. The summed E-state index contributed by atoms with van der Waals surface area (Å²) in [6.45, 7) is 1.69. The molecule has 1 atom stereocenters. The third-order valence-electron chi connectivity index (χ3n) is 4.61. The lowest BCUT2D eigenvalue weighted by atomic mass is 9.81. The molecule has 0 saturated carbocycles. The van der Waals surface area contributed by atoms with Crippen LogP contribution in [0.5, 0.6) is 0 Å². The van der Waals surface area contributed by atoms with Gasteiger partial charge in [0.2, 0.25) is 0 Å². The Morgan fingerprint density at radius 2 is 2.08 bits per heavy atom. The number of benzene rings is 1. The first-order valence-electron chi connectivity index (χ1n) is 8.02. The Morgan fingerprint density at radius 1 is 1.21 bits per heavy atom. The molecule has 0 radical (unpaired) electrons. The molecule has 5 heteroatoms. The van der Waals surface area contributed by atoms with Crippen molar-refractivity contribution in [2.45, 2.75) is 11.8 Å². The maximum atomic E-state index is 12.4. The lowest BCUT2D eigenvalue weighted by Gasteiger charge is -2.27. The van der Waals surface area contributed by atoms with Gasteiger partial charge in [0.05, 0.1) is 24.0 Å². The average molecular weight is 322 g/mol. The van der Waals surface area contributed by atoms with Crippen LogP contribution in [0.25, 0.3) is 11.0 Å². The van der Waals surface area contributed by atoms with Crippen LogP contribution >= 0.6 is 0 Å². The molecule has 0 spiro atoms. The molecule has 1 aliphatic rings. The van der Waals surface area contributed by atoms with E-state index in [1.807, 2.05) is 42.5 Å². The van der Waals surface area contributed by atoms with Crippen LogP contribution in [-0.2, 0) is 10.2 Å². The summed E-state index contributed by atoms with van der Waals surface area (Å²) in [4.78, 5) is 17.0. The predicted molar refractivity (Wildman–Crippen MR) is 89.9 cm³/mol. The van der Waals surface area contributed by atoms with Gasteiger partial charge in [-0.1, -0.05) is 18.2 Å². The number of carbonyl (C=O) groups is 1. The minimum atomic E-state index is -0.326. The zero-order valence-corrected chi connectivity index (χ0v) is 13.2. The van der Waals surface area contributed by atoms with Crippen LogP contribution in [0.15, 0.2) is 59.3 Å². The maximum Gasteiger partial charge on any atom is 0.251 e. The Bertz CT molecular complexity index is 851. The van der Waals surface area contributed by atoms with Crippen LogP contribution in [-0.4, -0.2) is 30.6 Å². The lowest BCUT2D eigenvalue weighted by molar-refractivity contribution is 0.0938. The highest BCUT2D eigenvalue weighted by molar-refractivity contribution is 5.94. The van der Waals surface area contributed by atoms with E-state index >= 15 is 0 Å².